The molecule has 9 rings (SSSR count). The maximum Gasteiger partial charge on any atom is 0.338 e. The Kier molecular flexibility index (Phi) is 6.50. The highest BCUT2D eigenvalue weighted by molar-refractivity contribution is 6.14. The third-order valence-electron chi connectivity index (χ3n) is 8.78. The molecule has 3 heterocycles. The zero-order chi connectivity index (χ0) is 32.0. The third-order valence-corrected chi connectivity index (χ3v) is 8.78. The molecule has 3 aromatic heterocycles. The van der Waals surface area contributed by atoms with Crippen LogP contribution in [0.15, 0.2) is 169 Å². The van der Waals surface area contributed by atoms with Gasteiger partial charge in [-0.05, 0) is 29.8 Å². The average Bonchev–Trinajstić information content (AvgIpc) is 3.52. The molecule has 0 bridgehead atoms. The lowest BCUT2D eigenvalue weighted by molar-refractivity contribution is 0.936. The largest absolute Gasteiger partial charge is 0.338 e. The van der Waals surface area contributed by atoms with Gasteiger partial charge in [-0.2, -0.15) is 0 Å². The van der Waals surface area contributed by atoms with Gasteiger partial charge in [0.05, 0.1) is 22.2 Å². The molecule has 0 fully saturated rings. The van der Waals surface area contributed by atoms with Crippen molar-refractivity contribution in [3.8, 4) is 51.0 Å². The molecule has 48 heavy (non-hydrogen) atoms. The van der Waals surface area contributed by atoms with Crippen molar-refractivity contribution in [3.05, 3.63) is 174 Å². The molecule has 0 radical (unpaired) electrons. The second-order valence-corrected chi connectivity index (χ2v) is 11.7. The van der Waals surface area contributed by atoms with Crippen molar-refractivity contribution in [3.63, 3.8) is 0 Å². The van der Waals surface area contributed by atoms with Gasteiger partial charge in [0, 0.05) is 33.0 Å². The molecule has 0 saturated heterocycles. The highest BCUT2D eigenvalue weighted by atomic mass is 16.1. The van der Waals surface area contributed by atoms with Gasteiger partial charge >= 0.3 is 5.69 Å². The summed E-state index contributed by atoms with van der Waals surface area (Å²) in [6, 6.07) is 54.3. The minimum atomic E-state index is -0.148. The molecule has 0 N–H and O–H groups in total. The quantitative estimate of drug-likeness (QED) is 0.193. The van der Waals surface area contributed by atoms with Gasteiger partial charge in [0.1, 0.15) is 0 Å². The molecule has 0 saturated carbocycles. The Morgan fingerprint density at radius 2 is 0.896 bits per heavy atom. The summed E-state index contributed by atoms with van der Waals surface area (Å²) in [5, 5.41) is 2.01. The van der Waals surface area contributed by atoms with Crippen LogP contribution in [0.1, 0.15) is 0 Å². The predicted molar refractivity (Wildman–Crippen MR) is 193 cm³/mol. The number of rotatable bonds is 5. The van der Waals surface area contributed by atoms with E-state index in [9.17, 15) is 4.79 Å². The van der Waals surface area contributed by atoms with Crippen LogP contribution in [0, 0.1) is 0 Å². The zero-order valence-corrected chi connectivity index (χ0v) is 25.7. The second-order valence-electron chi connectivity index (χ2n) is 11.7. The zero-order valence-electron chi connectivity index (χ0n) is 25.7. The number of hydrogen-bond acceptors (Lipinski definition) is 4. The van der Waals surface area contributed by atoms with E-state index < -0.39 is 0 Å². The van der Waals surface area contributed by atoms with Crippen LogP contribution < -0.4 is 5.69 Å². The molecular formula is C42H27N5O. The second kappa shape index (κ2) is 11.3. The van der Waals surface area contributed by atoms with Gasteiger partial charge in [0.25, 0.3) is 0 Å². The van der Waals surface area contributed by atoms with Crippen LogP contribution in [-0.2, 0) is 0 Å². The molecule has 0 aliphatic carbocycles. The Hall–Kier alpha value is -6.66. The van der Waals surface area contributed by atoms with Crippen LogP contribution in [0.2, 0.25) is 0 Å². The lowest BCUT2D eigenvalue weighted by atomic mass is 10.0. The van der Waals surface area contributed by atoms with Crippen molar-refractivity contribution in [1.29, 1.82) is 0 Å². The molecular weight excluding hydrogens is 590 g/mol. The maximum atomic E-state index is 14.8. The van der Waals surface area contributed by atoms with Crippen LogP contribution in [0.3, 0.4) is 0 Å². The Balaban J connectivity index is 1.30. The first kappa shape index (κ1) is 27.6. The highest BCUT2D eigenvalue weighted by Gasteiger charge is 2.21. The minimum absolute atomic E-state index is 0.148. The molecule has 6 heteroatoms. The van der Waals surface area contributed by atoms with Crippen LogP contribution in [-0.4, -0.2) is 23.9 Å². The molecule has 6 aromatic carbocycles. The van der Waals surface area contributed by atoms with Crippen molar-refractivity contribution >= 4 is 27.3 Å². The summed E-state index contributed by atoms with van der Waals surface area (Å²) < 4.78 is 3.65. The van der Waals surface area contributed by atoms with Crippen molar-refractivity contribution < 1.29 is 0 Å². The number of benzene rings is 6. The van der Waals surface area contributed by atoms with Crippen LogP contribution in [0.5, 0.6) is 0 Å². The standard InChI is InChI=1S/C42H27N5O/c48-42-46(36-26-13-11-24-34(36)38-37(28-15-4-1-5-16-28)33-23-10-12-25-35(33)47(38)42)32-22-14-21-31(27-32)41-44-39(29-17-6-2-7-18-29)43-40(45-41)30-19-8-3-9-20-30/h1-27H. The van der Waals surface area contributed by atoms with Crippen molar-refractivity contribution in [2.24, 2.45) is 0 Å². The van der Waals surface area contributed by atoms with E-state index in [2.05, 4.69) is 24.3 Å². The van der Waals surface area contributed by atoms with Crippen molar-refractivity contribution in [2.45, 2.75) is 0 Å². The van der Waals surface area contributed by atoms with E-state index in [4.69, 9.17) is 15.0 Å². The minimum Gasteiger partial charge on any atom is -0.262 e. The average molecular weight is 618 g/mol. The SMILES string of the molecule is O=c1n(-c2cccc(-c3nc(-c4ccccc4)nc(-c4ccccc4)n3)c2)c2ccccc2c2c(-c3ccccc3)c3ccccc3n12. The summed E-state index contributed by atoms with van der Waals surface area (Å²) in [5.74, 6) is 1.70. The summed E-state index contributed by atoms with van der Waals surface area (Å²) in [6.45, 7) is 0. The van der Waals surface area contributed by atoms with E-state index in [0.29, 0.717) is 17.5 Å². The molecule has 0 unspecified atom stereocenters. The van der Waals surface area contributed by atoms with Gasteiger partial charge < -0.3 is 0 Å². The highest BCUT2D eigenvalue weighted by Crippen LogP contribution is 2.38. The fourth-order valence-electron chi connectivity index (χ4n) is 6.63. The Morgan fingerprint density at radius 3 is 1.52 bits per heavy atom. The van der Waals surface area contributed by atoms with Gasteiger partial charge in [0.2, 0.25) is 0 Å². The third kappa shape index (κ3) is 4.50. The fourth-order valence-corrected chi connectivity index (χ4v) is 6.63. The smallest absolute Gasteiger partial charge is 0.262 e. The first-order valence-corrected chi connectivity index (χ1v) is 15.8. The van der Waals surface area contributed by atoms with Gasteiger partial charge in [-0.15, -0.1) is 0 Å². The van der Waals surface area contributed by atoms with Gasteiger partial charge in [-0.1, -0.05) is 140 Å². The summed E-state index contributed by atoms with van der Waals surface area (Å²) in [4.78, 5) is 29.5. The number of hydrogen-bond donors (Lipinski definition) is 0. The normalized spacial score (nSPS) is 11.4. The number of fused-ring (bicyclic) bond motifs is 5. The summed E-state index contributed by atoms with van der Waals surface area (Å²) >= 11 is 0. The van der Waals surface area contributed by atoms with E-state index >= 15 is 0 Å². The topological polar surface area (TPSA) is 65.1 Å². The van der Waals surface area contributed by atoms with Crippen molar-refractivity contribution in [2.75, 3.05) is 0 Å². The van der Waals surface area contributed by atoms with E-state index in [1.54, 1.807) is 4.57 Å². The van der Waals surface area contributed by atoms with E-state index in [0.717, 1.165) is 60.8 Å². The Bertz CT molecular complexity index is 2620. The first-order valence-electron chi connectivity index (χ1n) is 15.8. The van der Waals surface area contributed by atoms with E-state index in [1.165, 1.54) is 0 Å². The molecule has 0 aliphatic rings. The monoisotopic (exact) mass is 617 g/mol. The molecule has 0 atom stereocenters. The maximum absolute atomic E-state index is 14.8. The fraction of sp³-hybridized carbons (Fsp3) is 0. The molecule has 0 spiro atoms. The Morgan fingerprint density at radius 1 is 0.417 bits per heavy atom. The number of nitrogens with zero attached hydrogens (tertiary/aromatic N) is 5. The first-order chi connectivity index (χ1) is 23.7. The lowest BCUT2D eigenvalue weighted by Gasteiger charge is -2.15. The summed E-state index contributed by atoms with van der Waals surface area (Å²) in [7, 11) is 0. The van der Waals surface area contributed by atoms with Gasteiger partial charge in [-0.3, -0.25) is 8.97 Å². The number of aromatic nitrogens is 5. The molecule has 0 amide bonds. The summed E-state index contributed by atoms with van der Waals surface area (Å²) in [6.07, 6.45) is 0. The molecule has 9 aromatic rings. The van der Waals surface area contributed by atoms with Crippen molar-refractivity contribution in [1.82, 2.24) is 23.9 Å². The van der Waals surface area contributed by atoms with Crippen LogP contribution in [0.4, 0.5) is 0 Å². The Labute approximate surface area is 275 Å². The lowest BCUT2D eigenvalue weighted by Crippen LogP contribution is -2.25. The molecule has 226 valence electrons. The molecule has 0 aliphatic heterocycles. The van der Waals surface area contributed by atoms with Crippen LogP contribution >= 0.6 is 0 Å². The van der Waals surface area contributed by atoms with E-state index in [-0.39, 0.29) is 5.69 Å². The number of para-hydroxylation sites is 2. The van der Waals surface area contributed by atoms with E-state index in [1.807, 2.05) is 144 Å². The summed E-state index contributed by atoms with van der Waals surface area (Å²) in [5.41, 5.74) is 7.85. The predicted octanol–water partition coefficient (Wildman–Crippen LogP) is 9.25. The van der Waals surface area contributed by atoms with Gasteiger partial charge in [-0.25, -0.2) is 19.7 Å². The van der Waals surface area contributed by atoms with Crippen LogP contribution in [0.25, 0.3) is 78.3 Å². The molecule has 6 nitrogen and oxygen atoms in total. The van der Waals surface area contributed by atoms with Gasteiger partial charge in [0.15, 0.2) is 17.5 Å².